The van der Waals surface area contributed by atoms with Gasteiger partial charge in [0.1, 0.15) is 5.69 Å². The van der Waals surface area contributed by atoms with Crippen LogP contribution in [-0.4, -0.2) is 22.5 Å². The molecule has 0 aliphatic heterocycles. The highest BCUT2D eigenvalue weighted by Gasteiger charge is 2.08. The smallest absolute Gasteiger partial charge is 0.288 e. The van der Waals surface area contributed by atoms with Crippen LogP contribution in [0.15, 0.2) is 61.3 Å². The van der Waals surface area contributed by atoms with E-state index in [0.717, 1.165) is 11.1 Å². The van der Waals surface area contributed by atoms with E-state index in [1.807, 2.05) is 36.4 Å². The monoisotopic (exact) mass is 312 g/mol. The highest BCUT2D eigenvalue weighted by atomic mass is 32.1. The number of aromatic nitrogens is 1. The van der Waals surface area contributed by atoms with Crippen molar-refractivity contribution in [2.45, 2.75) is 0 Å². The lowest BCUT2D eigenvalue weighted by atomic mass is 10.1. The lowest BCUT2D eigenvalue weighted by Gasteiger charge is -2.10. The van der Waals surface area contributed by atoms with E-state index in [9.17, 15) is 4.79 Å². The molecule has 1 heterocycles. The van der Waals surface area contributed by atoms with E-state index < -0.39 is 0 Å². The van der Waals surface area contributed by atoms with Crippen LogP contribution in [0.2, 0.25) is 0 Å². The molecule has 5 nitrogen and oxygen atoms in total. The maximum absolute atomic E-state index is 12.1. The first-order valence-electron chi connectivity index (χ1n) is 6.67. The van der Waals surface area contributed by atoms with Crippen molar-refractivity contribution in [1.82, 2.24) is 21.2 Å². The maximum Gasteiger partial charge on any atom is 0.288 e. The highest BCUT2D eigenvalue weighted by molar-refractivity contribution is 7.80. The third-order valence-electron chi connectivity index (χ3n) is 2.80. The molecule has 0 atom stereocenters. The molecule has 112 valence electrons. The summed E-state index contributed by atoms with van der Waals surface area (Å²) in [4.78, 5) is 16.1. The van der Waals surface area contributed by atoms with E-state index in [0.29, 0.717) is 17.4 Å². The number of thiocarbonyl (C=S) groups is 1. The second-order valence-corrected chi connectivity index (χ2v) is 4.78. The molecule has 0 radical (unpaired) electrons. The van der Waals surface area contributed by atoms with Crippen LogP contribution in [0.1, 0.15) is 10.5 Å². The van der Waals surface area contributed by atoms with E-state index >= 15 is 0 Å². The first-order chi connectivity index (χ1) is 10.7. The highest BCUT2D eigenvalue weighted by Crippen LogP contribution is 2.18. The largest absolute Gasteiger partial charge is 0.358 e. The van der Waals surface area contributed by atoms with Gasteiger partial charge in [-0.05, 0) is 35.5 Å². The molecule has 1 aromatic heterocycles. The zero-order valence-electron chi connectivity index (χ0n) is 11.9. The average Bonchev–Trinajstić information content (AvgIpc) is 2.58. The molecule has 0 unspecified atom stereocenters. The van der Waals surface area contributed by atoms with Gasteiger partial charge in [-0.3, -0.25) is 20.6 Å². The van der Waals surface area contributed by atoms with E-state index in [1.54, 1.807) is 18.3 Å². The number of carbonyl (C=O) groups excluding carboxylic acids is 1. The van der Waals surface area contributed by atoms with Gasteiger partial charge in [-0.25, -0.2) is 0 Å². The number of hydrogen-bond donors (Lipinski definition) is 3. The van der Waals surface area contributed by atoms with Crippen molar-refractivity contribution in [3.8, 4) is 11.1 Å². The summed E-state index contributed by atoms with van der Waals surface area (Å²) in [6, 6.07) is 13.4. The van der Waals surface area contributed by atoms with Crippen LogP contribution in [0.4, 0.5) is 0 Å². The quantitative estimate of drug-likeness (QED) is 0.458. The molecular weight excluding hydrogens is 296 g/mol. The summed E-state index contributed by atoms with van der Waals surface area (Å²) >= 11 is 4.99. The minimum absolute atomic E-state index is 0.306. The van der Waals surface area contributed by atoms with Gasteiger partial charge in [0, 0.05) is 12.7 Å². The van der Waals surface area contributed by atoms with Crippen LogP contribution < -0.4 is 16.2 Å². The Morgan fingerprint density at radius 1 is 1.18 bits per heavy atom. The molecule has 0 saturated carbocycles. The topological polar surface area (TPSA) is 66.0 Å². The number of hydrazine groups is 1. The van der Waals surface area contributed by atoms with Crippen LogP contribution in [0.5, 0.6) is 0 Å². The van der Waals surface area contributed by atoms with Crippen molar-refractivity contribution in [3.05, 3.63) is 67.0 Å². The molecule has 2 aromatic rings. The lowest BCUT2D eigenvalue weighted by Crippen LogP contribution is -2.46. The van der Waals surface area contributed by atoms with Gasteiger partial charge in [0.05, 0.1) is 0 Å². The zero-order chi connectivity index (χ0) is 15.8. The number of nitrogens with zero attached hydrogens (tertiary/aromatic N) is 1. The second kappa shape index (κ2) is 7.90. The number of carbonyl (C=O) groups is 1. The Labute approximate surface area is 134 Å². The van der Waals surface area contributed by atoms with Gasteiger partial charge < -0.3 is 5.32 Å². The molecule has 22 heavy (non-hydrogen) atoms. The molecule has 1 amide bonds. The molecule has 0 saturated heterocycles. The summed E-state index contributed by atoms with van der Waals surface area (Å²) in [5, 5.41) is 3.16. The van der Waals surface area contributed by atoms with Gasteiger partial charge in [-0.15, -0.1) is 6.58 Å². The number of benzene rings is 1. The van der Waals surface area contributed by atoms with Crippen molar-refractivity contribution < 1.29 is 4.79 Å². The van der Waals surface area contributed by atoms with Crippen LogP contribution in [0.3, 0.4) is 0 Å². The molecule has 0 spiro atoms. The van der Waals surface area contributed by atoms with Crippen LogP contribution in [0.25, 0.3) is 11.1 Å². The normalized spacial score (nSPS) is 9.64. The first kappa shape index (κ1) is 15.7. The van der Waals surface area contributed by atoms with Crippen molar-refractivity contribution in [3.63, 3.8) is 0 Å². The van der Waals surface area contributed by atoms with E-state index in [1.165, 1.54) is 0 Å². The molecule has 6 heteroatoms. The Kier molecular flexibility index (Phi) is 5.62. The lowest BCUT2D eigenvalue weighted by molar-refractivity contribution is 0.0939. The fourth-order valence-electron chi connectivity index (χ4n) is 1.75. The van der Waals surface area contributed by atoms with Gasteiger partial charge in [-0.1, -0.05) is 36.4 Å². The van der Waals surface area contributed by atoms with Gasteiger partial charge in [0.2, 0.25) is 0 Å². The van der Waals surface area contributed by atoms with Crippen LogP contribution in [-0.2, 0) is 0 Å². The number of rotatable bonds is 4. The Balaban J connectivity index is 2.02. The fourth-order valence-corrected chi connectivity index (χ4v) is 1.89. The number of pyridine rings is 1. The van der Waals surface area contributed by atoms with Crippen molar-refractivity contribution >= 4 is 23.2 Å². The molecule has 2 rings (SSSR count). The standard InChI is InChI=1S/C16H16N4OS/c1-2-9-18-16(22)20-19-15(21)14-11-13(8-10-17-14)12-6-4-3-5-7-12/h2-8,10-11H,1,9H2,(H,19,21)(H2,18,20,22). The third-order valence-corrected chi connectivity index (χ3v) is 3.04. The molecule has 0 aliphatic carbocycles. The van der Waals surface area contributed by atoms with Gasteiger partial charge in [0.25, 0.3) is 5.91 Å². The van der Waals surface area contributed by atoms with Crippen molar-refractivity contribution in [2.75, 3.05) is 6.54 Å². The number of hydrogen-bond acceptors (Lipinski definition) is 3. The molecule has 0 aliphatic rings. The van der Waals surface area contributed by atoms with E-state index in [2.05, 4.69) is 27.7 Å². The summed E-state index contributed by atoms with van der Waals surface area (Å²) in [5.74, 6) is -0.361. The Morgan fingerprint density at radius 2 is 1.95 bits per heavy atom. The molecular formula is C16H16N4OS. The van der Waals surface area contributed by atoms with Crippen LogP contribution in [0, 0.1) is 0 Å². The average molecular weight is 312 g/mol. The molecule has 1 aromatic carbocycles. The minimum atomic E-state index is -0.361. The van der Waals surface area contributed by atoms with Crippen LogP contribution >= 0.6 is 12.2 Å². The summed E-state index contributed by atoms with van der Waals surface area (Å²) in [6.07, 6.45) is 3.27. The maximum atomic E-state index is 12.1. The summed E-state index contributed by atoms with van der Waals surface area (Å²) in [7, 11) is 0. The minimum Gasteiger partial charge on any atom is -0.358 e. The van der Waals surface area contributed by atoms with Crippen molar-refractivity contribution in [1.29, 1.82) is 0 Å². The third kappa shape index (κ3) is 4.39. The van der Waals surface area contributed by atoms with Gasteiger partial charge in [0.15, 0.2) is 5.11 Å². The zero-order valence-corrected chi connectivity index (χ0v) is 12.7. The van der Waals surface area contributed by atoms with Gasteiger partial charge >= 0.3 is 0 Å². The van der Waals surface area contributed by atoms with Gasteiger partial charge in [-0.2, -0.15) is 0 Å². The molecule has 0 fully saturated rings. The summed E-state index contributed by atoms with van der Waals surface area (Å²) in [6.45, 7) is 4.08. The number of nitrogens with one attached hydrogen (secondary N) is 3. The predicted molar refractivity (Wildman–Crippen MR) is 91.1 cm³/mol. The summed E-state index contributed by atoms with van der Waals surface area (Å²) < 4.78 is 0. The first-order valence-corrected chi connectivity index (χ1v) is 7.08. The van der Waals surface area contributed by atoms with E-state index in [-0.39, 0.29) is 5.91 Å². The van der Waals surface area contributed by atoms with E-state index in [4.69, 9.17) is 12.2 Å². The molecule has 0 bridgehead atoms. The second-order valence-electron chi connectivity index (χ2n) is 4.37. The predicted octanol–water partition coefficient (Wildman–Crippen LogP) is 2.04. The van der Waals surface area contributed by atoms with Crippen molar-refractivity contribution in [2.24, 2.45) is 0 Å². The Hall–Kier alpha value is -2.73. The number of amides is 1. The Bertz CT molecular complexity index is 673. The summed E-state index contributed by atoms with van der Waals surface area (Å²) in [5.41, 5.74) is 7.36. The fraction of sp³-hybridized carbons (Fsp3) is 0.0625. The molecule has 3 N–H and O–H groups in total. The Morgan fingerprint density at radius 3 is 2.68 bits per heavy atom. The SMILES string of the molecule is C=CCNC(=S)NNC(=O)c1cc(-c2ccccc2)ccn1.